The summed E-state index contributed by atoms with van der Waals surface area (Å²) in [5, 5.41) is 20.6. The van der Waals surface area contributed by atoms with E-state index in [2.05, 4.69) is 13.5 Å². The molecule has 0 aromatic carbocycles. The summed E-state index contributed by atoms with van der Waals surface area (Å²) in [6, 6.07) is 0. The molecule has 5 heteroatoms. The predicted octanol–water partition coefficient (Wildman–Crippen LogP) is 3.97. The van der Waals surface area contributed by atoms with Gasteiger partial charge < -0.3 is 9.84 Å². The summed E-state index contributed by atoms with van der Waals surface area (Å²) in [7, 11) is 0. The Morgan fingerprint density at radius 3 is 2.47 bits per heavy atom. The second-order valence-corrected chi connectivity index (χ2v) is 5.05. The van der Waals surface area contributed by atoms with Crippen LogP contribution in [-0.2, 0) is 4.74 Å². The molecule has 0 saturated carbocycles. The Bertz CT molecular complexity index is 394. The number of aliphatic hydroxyl groups excluding tert-OH is 1. The van der Waals surface area contributed by atoms with Gasteiger partial charge in [0.05, 0.1) is 11.5 Å². The Morgan fingerprint density at radius 2 is 2.11 bits per heavy atom. The second kappa shape index (κ2) is 7.61. The fourth-order valence-electron chi connectivity index (χ4n) is 1.70. The highest BCUT2D eigenvalue weighted by Crippen LogP contribution is 2.25. The second-order valence-electron chi connectivity index (χ2n) is 5.05. The molecular formula is C14H23NO4. The van der Waals surface area contributed by atoms with Crippen LogP contribution in [0.25, 0.3) is 0 Å². The molecule has 0 aromatic heterocycles. The van der Waals surface area contributed by atoms with Gasteiger partial charge in [0.2, 0.25) is 5.76 Å². The van der Waals surface area contributed by atoms with Crippen molar-refractivity contribution in [2.75, 3.05) is 6.61 Å². The number of hydrogen-bond donors (Lipinski definition) is 1. The monoisotopic (exact) mass is 269 g/mol. The lowest BCUT2D eigenvalue weighted by Gasteiger charge is -2.24. The zero-order valence-corrected chi connectivity index (χ0v) is 12.1. The maximum absolute atomic E-state index is 10.7. The van der Waals surface area contributed by atoms with Crippen LogP contribution in [0, 0.1) is 15.5 Å². The average Bonchev–Trinajstić information content (AvgIpc) is 2.29. The van der Waals surface area contributed by atoms with E-state index in [-0.39, 0.29) is 16.9 Å². The van der Waals surface area contributed by atoms with Gasteiger partial charge in [-0.15, -0.1) is 0 Å². The molecule has 0 aromatic rings. The molecule has 0 rings (SSSR count). The van der Waals surface area contributed by atoms with Crippen LogP contribution in [0.3, 0.4) is 0 Å². The molecule has 0 aliphatic rings. The Hall–Kier alpha value is -1.78. The summed E-state index contributed by atoms with van der Waals surface area (Å²) in [6.45, 7) is 11.5. The van der Waals surface area contributed by atoms with E-state index >= 15 is 0 Å². The summed E-state index contributed by atoms with van der Waals surface area (Å²) in [4.78, 5) is 10.1. The molecular weight excluding hydrogens is 246 g/mol. The highest BCUT2D eigenvalue weighted by Gasteiger charge is 2.23. The summed E-state index contributed by atoms with van der Waals surface area (Å²) in [6.07, 6.45) is 4.48. The van der Waals surface area contributed by atoms with E-state index in [0.29, 0.717) is 6.61 Å². The molecule has 0 spiro atoms. The molecule has 0 heterocycles. The minimum Gasteiger partial charge on any atom is -0.500 e. The zero-order chi connectivity index (χ0) is 15.1. The molecule has 0 amide bonds. The molecule has 19 heavy (non-hydrogen) atoms. The maximum atomic E-state index is 10.7. The summed E-state index contributed by atoms with van der Waals surface area (Å²) in [5.41, 5.74) is -0.447. The molecule has 0 saturated heterocycles. The van der Waals surface area contributed by atoms with Crippen LogP contribution >= 0.6 is 0 Å². The largest absolute Gasteiger partial charge is 0.500 e. The Labute approximate surface area is 114 Å². The summed E-state index contributed by atoms with van der Waals surface area (Å²) in [5.74, 6) is -0.455. The lowest BCUT2D eigenvalue weighted by atomic mass is 9.89. The van der Waals surface area contributed by atoms with Gasteiger partial charge in [0, 0.05) is 0 Å². The minimum atomic E-state index is -0.653. The van der Waals surface area contributed by atoms with Gasteiger partial charge in [-0.25, -0.2) is 0 Å². The first-order valence-electron chi connectivity index (χ1n) is 6.28. The van der Waals surface area contributed by atoms with Crippen LogP contribution in [0.1, 0.15) is 40.5 Å². The number of nitrogens with zero attached hydrogens (tertiary/aromatic N) is 1. The van der Waals surface area contributed by atoms with E-state index in [0.717, 1.165) is 12.8 Å². The highest BCUT2D eigenvalue weighted by atomic mass is 16.6. The normalized spacial score (nSPS) is 13.8. The molecule has 0 unspecified atom stereocenters. The number of hydrogen-bond acceptors (Lipinski definition) is 4. The number of rotatable bonds is 8. The maximum Gasteiger partial charge on any atom is 0.310 e. The van der Waals surface area contributed by atoms with Crippen molar-refractivity contribution in [1.29, 1.82) is 0 Å². The third-order valence-corrected chi connectivity index (χ3v) is 2.68. The molecule has 108 valence electrons. The fraction of sp³-hybridized carbons (Fsp3) is 0.571. The standard InChI is InChI=1S/C14H23NO4/c1-6-9-14(4,5)10-19-12(8-3)13(16)11(7-2)15(17)18/h7-8,16H,3,6,9-10H2,1-2,4-5H3/b11-7+,13-12-. The summed E-state index contributed by atoms with van der Waals surface area (Å²) < 4.78 is 5.47. The van der Waals surface area contributed by atoms with Gasteiger partial charge in [0.15, 0.2) is 5.76 Å². The van der Waals surface area contributed by atoms with Crippen molar-refractivity contribution in [3.63, 3.8) is 0 Å². The topological polar surface area (TPSA) is 72.6 Å². The van der Waals surface area contributed by atoms with Gasteiger partial charge in [0.25, 0.3) is 0 Å². The van der Waals surface area contributed by atoms with Crippen molar-refractivity contribution in [2.24, 2.45) is 5.41 Å². The van der Waals surface area contributed by atoms with Crippen molar-refractivity contribution < 1.29 is 14.8 Å². The van der Waals surface area contributed by atoms with E-state index in [1.54, 1.807) is 0 Å². The minimum absolute atomic E-state index is 0.0361. The quantitative estimate of drug-likeness (QED) is 0.313. The smallest absolute Gasteiger partial charge is 0.310 e. The SMILES string of the molecule is C=C/C(OCC(C)(C)CCC)=C(O)\C(=C/C)[N+](=O)[O-]. The van der Waals surface area contributed by atoms with E-state index in [1.165, 1.54) is 19.1 Å². The van der Waals surface area contributed by atoms with Crippen LogP contribution in [0.2, 0.25) is 0 Å². The third-order valence-electron chi connectivity index (χ3n) is 2.68. The molecule has 1 N–H and O–H groups in total. The Morgan fingerprint density at radius 1 is 1.53 bits per heavy atom. The molecule has 0 atom stereocenters. The lowest BCUT2D eigenvalue weighted by molar-refractivity contribution is -0.424. The molecule has 0 fully saturated rings. The molecule has 5 nitrogen and oxygen atoms in total. The first-order chi connectivity index (χ1) is 8.79. The Balaban J connectivity index is 5.02. The molecule has 0 bridgehead atoms. The van der Waals surface area contributed by atoms with Crippen molar-refractivity contribution in [3.05, 3.63) is 46.1 Å². The van der Waals surface area contributed by atoms with E-state index in [9.17, 15) is 15.2 Å². The van der Waals surface area contributed by atoms with Crippen LogP contribution in [0.4, 0.5) is 0 Å². The van der Waals surface area contributed by atoms with Gasteiger partial charge in [-0.3, -0.25) is 10.1 Å². The first-order valence-corrected chi connectivity index (χ1v) is 6.28. The van der Waals surface area contributed by atoms with E-state index in [4.69, 9.17) is 4.74 Å². The predicted molar refractivity (Wildman–Crippen MR) is 75.2 cm³/mol. The number of nitro groups is 1. The van der Waals surface area contributed by atoms with Crippen LogP contribution in [-0.4, -0.2) is 16.6 Å². The van der Waals surface area contributed by atoms with Crippen LogP contribution in [0.5, 0.6) is 0 Å². The average molecular weight is 269 g/mol. The molecule has 0 aliphatic carbocycles. The van der Waals surface area contributed by atoms with E-state index in [1.807, 2.05) is 13.8 Å². The van der Waals surface area contributed by atoms with E-state index < -0.39 is 10.7 Å². The highest BCUT2D eigenvalue weighted by molar-refractivity contribution is 5.26. The third kappa shape index (κ3) is 5.59. The van der Waals surface area contributed by atoms with Crippen molar-refractivity contribution in [2.45, 2.75) is 40.5 Å². The van der Waals surface area contributed by atoms with Crippen molar-refractivity contribution in [1.82, 2.24) is 0 Å². The first kappa shape index (κ1) is 17.2. The van der Waals surface area contributed by atoms with Gasteiger partial charge in [-0.2, -0.15) is 0 Å². The van der Waals surface area contributed by atoms with Gasteiger partial charge >= 0.3 is 5.70 Å². The van der Waals surface area contributed by atoms with Gasteiger partial charge in [0.1, 0.15) is 0 Å². The number of aliphatic hydroxyl groups is 1. The fourth-order valence-corrected chi connectivity index (χ4v) is 1.70. The number of ether oxygens (including phenoxy) is 1. The van der Waals surface area contributed by atoms with Gasteiger partial charge in [-0.1, -0.05) is 33.8 Å². The van der Waals surface area contributed by atoms with Crippen LogP contribution < -0.4 is 0 Å². The zero-order valence-electron chi connectivity index (χ0n) is 12.1. The number of allylic oxidation sites excluding steroid dienone is 2. The van der Waals surface area contributed by atoms with Crippen molar-refractivity contribution in [3.8, 4) is 0 Å². The molecule has 0 radical (unpaired) electrons. The summed E-state index contributed by atoms with van der Waals surface area (Å²) >= 11 is 0. The van der Waals surface area contributed by atoms with Crippen LogP contribution in [0.15, 0.2) is 35.9 Å². The lowest BCUT2D eigenvalue weighted by Crippen LogP contribution is -2.19. The van der Waals surface area contributed by atoms with Gasteiger partial charge in [-0.05, 0) is 30.9 Å². The Kier molecular flexibility index (Phi) is 6.90. The van der Waals surface area contributed by atoms with Crippen molar-refractivity contribution >= 4 is 0 Å². The molecule has 0 aliphatic heterocycles.